The van der Waals surface area contributed by atoms with E-state index in [0.29, 0.717) is 6.04 Å². The van der Waals surface area contributed by atoms with Gasteiger partial charge in [0, 0.05) is 10.9 Å². The van der Waals surface area contributed by atoms with Crippen LogP contribution < -0.4 is 5.32 Å². The minimum absolute atomic E-state index is 0.526. The Kier molecular flexibility index (Phi) is 9.94. The maximum Gasteiger partial charge on any atom is 0.0798 e. The molecule has 0 radical (unpaired) electrons. The molecule has 116 valence electrons. The van der Waals surface area contributed by atoms with Crippen LogP contribution in [-0.2, 0) is 0 Å². The molecule has 1 N–H and O–H groups in total. The molecule has 1 aromatic rings. The third-order valence-electron chi connectivity index (χ3n) is 3.84. The van der Waals surface area contributed by atoms with Gasteiger partial charge in [0.25, 0.3) is 0 Å². The van der Waals surface area contributed by atoms with E-state index in [0.717, 1.165) is 6.54 Å². The molecule has 0 saturated heterocycles. The number of unbranched alkanes of at least 4 members (excludes halogenated alkanes) is 6. The first-order valence-corrected chi connectivity index (χ1v) is 9.30. The van der Waals surface area contributed by atoms with Gasteiger partial charge >= 0.3 is 0 Å². The maximum atomic E-state index is 4.40. The number of aromatic nitrogens is 1. The predicted molar refractivity (Wildman–Crippen MR) is 90.5 cm³/mol. The number of nitrogens with one attached hydrogen (secondary N) is 1. The Bertz CT molecular complexity index is 335. The second-order valence-electron chi connectivity index (χ2n) is 5.72. The van der Waals surface area contributed by atoms with E-state index in [4.69, 9.17) is 0 Å². The largest absolute Gasteiger partial charge is 0.309 e. The lowest BCUT2D eigenvalue weighted by atomic mass is 10.0. The lowest BCUT2D eigenvalue weighted by Gasteiger charge is -2.17. The van der Waals surface area contributed by atoms with Crippen molar-refractivity contribution in [3.05, 3.63) is 16.1 Å². The molecule has 1 unspecified atom stereocenters. The molecule has 0 aliphatic rings. The molecule has 0 aliphatic carbocycles. The van der Waals surface area contributed by atoms with E-state index in [1.807, 2.05) is 16.8 Å². The number of nitrogens with zero attached hydrogens (tertiary/aromatic N) is 1. The SMILES string of the molecule is CCCCCCCCCC(NCCC)c1scnc1C. The molecule has 0 fully saturated rings. The Labute approximate surface area is 129 Å². The van der Waals surface area contributed by atoms with Crippen LogP contribution in [0.25, 0.3) is 0 Å². The summed E-state index contributed by atoms with van der Waals surface area (Å²) < 4.78 is 0. The van der Waals surface area contributed by atoms with Gasteiger partial charge in [0.15, 0.2) is 0 Å². The lowest BCUT2D eigenvalue weighted by Crippen LogP contribution is -2.22. The predicted octanol–water partition coefficient (Wildman–Crippen LogP) is 5.63. The van der Waals surface area contributed by atoms with Crippen molar-refractivity contribution in [1.29, 1.82) is 0 Å². The second-order valence-corrected chi connectivity index (χ2v) is 6.61. The Morgan fingerprint density at radius 2 is 1.75 bits per heavy atom. The average Bonchev–Trinajstić information content (AvgIpc) is 2.87. The van der Waals surface area contributed by atoms with Gasteiger partial charge in [-0.3, -0.25) is 0 Å². The van der Waals surface area contributed by atoms with Crippen LogP contribution in [0.1, 0.15) is 88.2 Å². The quantitative estimate of drug-likeness (QED) is 0.505. The minimum atomic E-state index is 0.526. The fraction of sp³-hybridized carbons (Fsp3) is 0.824. The summed E-state index contributed by atoms with van der Waals surface area (Å²) in [4.78, 5) is 5.85. The smallest absolute Gasteiger partial charge is 0.0798 e. The highest BCUT2D eigenvalue weighted by Crippen LogP contribution is 2.26. The zero-order valence-electron chi connectivity index (χ0n) is 13.6. The number of thiazole rings is 1. The summed E-state index contributed by atoms with van der Waals surface area (Å²) in [5, 5.41) is 3.69. The topological polar surface area (TPSA) is 24.9 Å². The maximum absolute atomic E-state index is 4.40. The summed E-state index contributed by atoms with van der Waals surface area (Å²) in [6.07, 6.45) is 12.2. The Morgan fingerprint density at radius 3 is 2.35 bits per heavy atom. The van der Waals surface area contributed by atoms with E-state index in [9.17, 15) is 0 Å². The Hall–Kier alpha value is -0.410. The van der Waals surface area contributed by atoms with E-state index in [1.165, 1.54) is 68.4 Å². The first-order valence-electron chi connectivity index (χ1n) is 8.42. The van der Waals surface area contributed by atoms with Crippen molar-refractivity contribution in [3.8, 4) is 0 Å². The molecule has 0 amide bonds. The van der Waals surface area contributed by atoms with E-state index < -0.39 is 0 Å². The summed E-state index contributed by atoms with van der Waals surface area (Å²) in [5.41, 5.74) is 3.20. The molecular formula is C17H32N2S. The zero-order chi connectivity index (χ0) is 14.6. The highest BCUT2D eigenvalue weighted by molar-refractivity contribution is 7.09. The van der Waals surface area contributed by atoms with Crippen LogP contribution in [-0.4, -0.2) is 11.5 Å². The highest BCUT2D eigenvalue weighted by atomic mass is 32.1. The Balaban J connectivity index is 2.26. The van der Waals surface area contributed by atoms with Gasteiger partial charge < -0.3 is 5.32 Å². The van der Waals surface area contributed by atoms with Gasteiger partial charge in [-0.05, 0) is 26.3 Å². The van der Waals surface area contributed by atoms with Crippen molar-refractivity contribution in [2.45, 2.75) is 84.6 Å². The van der Waals surface area contributed by atoms with Crippen LogP contribution in [0, 0.1) is 6.92 Å². The monoisotopic (exact) mass is 296 g/mol. The van der Waals surface area contributed by atoms with Crippen molar-refractivity contribution in [1.82, 2.24) is 10.3 Å². The first-order chi connectivity index (χ1) is 9.79. The summed E-state index contributed by atoms with van der Waals surface area (Å²) in [6, 6.07) is 0.526. The Morgan fingerprint density at radius 1 is 1.05 bits per heavy atom. The number of hydrogen-bond donors (Lipinski definition) is 1. The fourth-order valence-corrected chi connectivity index (χ4v) is 3.51. The molecule has 1 heterocycles. The van der Waals surface area contributed by atoms with Gasteiger partial charge in [0.05, 0.1) is 11.2 Å². The van der Waals surface area contributed by atoms with Gasteiger partial charge in [-0.25, -0.2) is 4.98 Å². The molecule has 2 nitrogen and oxygen atoms in total. The first kappa shape index (κ1) is 17.6. The highest BCUT2D eigenvalue weighted by Gasteiger charge is 2.14. The van der Waals surface area contributed by atoms with Crippen LogP contribution in [0.15, 0.2) is 5.51 Å². The third kappa shape index (κ3) is 6.85. The van der Waals surface area contributed by atoms with Gasteiger partial charge in [-0.1, -0.05) is 58.8 Å². The van der Waals surface area contributed by atoms with Gasteiger partial charge in [-0.2, -0.15) is 0 Å². The minimum Gasteiger partial charge on any atom is -0.309 e. The van der Waals surface area contributed by atoms with Crippen molar-refractivity contribution < 1.29 is 0 Å². The van der Waals surface area contributed by atoms with Crippen LogP contribution >= 0.6 is 11.3 Å². The van der Waals surface area contributed by atoms with E-state index >= 15 is 0 Å². The molecule has 0 saturated carbocycles. The zero-order valence-corrected chi connectivity index (χ0v) is 14.4. The molecule has 0 aromatic carbocycles. The van der Waals surface area contributed by atoms with Crippen molar-refractivity contribution in [3.63, 3.8) is 0 Å². The lowest BCUT2D eigenvalue weighted by molar-refractivity contribution is 0.469. The molecule has 20 heavy (non-hydrogen) atoms. The van der Waals surface area contributed by atoms with Crippen LogP contribution in [0.4, 0.5) is 0 Å². The second kappa shape index (κ2) is 11.3. The molecule has 0 aliphatic heterocycles. The number of rotatable bonds is 12. The number of aryl methyl sites for hydroxylation is 1. The summed E-state index contributed by atoms with van der Waals surface area (Å²) >= 11 is 1.81. The average molecular weight is 297 g/mol. The molecule has 1 aromatic heterocycles. The van der Waals surface area contributed by atoms with Crippen LogP contribution in [0.5, 0.6) is 0 Å². The number of hydrogen-bond acceptors (Lipinski definition) is 3. The summed E-state index contributed by atoms with van der Waals surface area (Å²) in [6.45, 7) is 7.76. The molecule has 1 atom stereocenters. The van der Waals surface area contributed by atoms with Gasteiger partial charge in [-0.15, -0.1) is 11.3 Å². The van der Waals surface area contributed by atoms with Crippen molar-refractivity contribution in [2.24, 2.45) is 0 Å². The van der Waals surface area contributed by atoms with Crippen molar-refractivity contribution in [2.75, 3.05) is 6.54 Å². The van der Waals surface area contributed by atoms with Crippen molar-refractivity contribution >= 4 is 11.3 Å². The summed E-state index contributed by atoms with van der Waals surface area (Å²) in [7, 11) is 0. The molecule has 0 bridgehead atoms. The normalized spacial score (nSPS) is 12.8. The van der Waals surface area contributed by atoms with E-state index in [2.05, 4.69) is 31.1 Å². The fourth-order valence-electron chi connectivity index (χ4n) is 2.60. The van der Waals surface area contributed by atoms with Crippen LogP contribution in [0.3, 0.4) is 0 Å². The third-order valence-corrected chi connectivity index (χ3v) is 4.88. The van der Waals surface area contributed by atoms with Gasteiger partial charge in [0.1, 0.15) is 0 Å². The molecule has 0 spiro atoms. The summed E-state index contributed by atoms with van der Waals surface area (Å²) in [5.74, 6) is 0. The van der Waals surface area contributed by atoms with E-state index in [-0.39, 0.29) is 0 Å². The van der Waals surface area contributed by atoms with Crippen LogP contribution in [0.2, 0.25) is 0 Å². The molecular weight excluding hydrogens is 264 g/mol. The standard InChI is InChI=1S/C17H32N2S/c1-4-6-7-8-9-10-11-12-16(18-13-5-2)17-15(3)19-14-20-17/h14,16,18H,4-13H2,1-3H3. The molecule has 3 heteroatoms. The molecule has 1 rings (SSSR count). The van der Waals surface area contributed by atoms with Gasteiger partial charge in [0.2, 0.25) is 0 Å². The van der Waals surface area contributed by atoms with E-state index in [1.54, 1.807) is 0 Å².